The molecule has 1 aromatic heterocycles. The molecule has 4 rings (SSSR count). The number of ether oxygens (including phenoxy) is 1. The van der Waals surface area contributed by atoms with Crippen LogP contribution in [0, 0.1) is 5.92 Å². The van der Waals surface area contributed by atoms with Gasteiger partial charge in [-0.1, -0.05) is 30.3 Å². The third-order valence-corrected chi connectivity index (χ3v) is 6.22. The van der Waals surface area contributed by atoms with Crippen LogP contribution in [0.25, 0.3) is 0 Å². The fourth-order valence-corrected chi connectivity index (χ4v) is 4.44. The monoisotopic (exact) mass is 436 g/mol. The first kappa shape index (κ1) is 22.4. The molecule has 0 bridgehead atoms. The number of benzene rings is 1. The molecule has 32 heavy (non-hydrogen) atoms. The molecule has 2 amide bonds. The molecule has 7 heteroatoms. The smallest absolute Gasteiger partial charge is 0.228 e. The fraction of sp³-hybridized carbons (Fsp3) is 0.480. The first-order chi connectivity index (χ1) is 15.7. The van der Waals surface area contributed by atoms with Gasteiger partial charge in [-0.05, 0) is 29.7 Å². The van der Waals surface area contributed by atoms with E-state index in [4.69, 9.17) is 4.74 Å². The molecule has 2 saturated heterocycles. The molecule has 1 aromatic carbocycles. The summed E-state index contributed by atoms with van der Waals surface area (Å²) in [6.07, 6.45) is 4.71. The average molecular weight is 437 g/mol. The van der Waals surface area contributed by atoms with Gasteiger partial charge in [0.25, 0.3) is 0 Å². The van der Waals surface area contributed by atoms with Gasteiger partial charge in [-0.15, -0.1) is 0 Å². The number of aromatic nitrogens is 1. The van der Waals surface area contributed by atoms with Gasteiger partial charge in [0, 0.05) is 64.6 Å². The summed E-state index contributed by atoms with van der Waals surface area (Å²) >= 11 is 0. The Hall–Kier alpha value is -2.77. The number of morpholine rings is 1. The van der Waals surface area contributed by atoms with Crippen LogP contribution in [0.2, 0.25) is 0 Å². The minimum absolute atomic E-state index is 0.0596. The number of rotatable bonds is 9. The number of amides is 2. The summed E-state index contributed by atoms with van der Waals surface area (Å²) in [6.45, 7) is 6.69. The van der Waals surface area contributed by atoms with Gasteiger partial charge < -0.3 is 14.5 Å². The number of nitrogens with zero attached hydrogens (tertiary/aromatic N) is 4. The van der Waals surface area contributed by atoms with Crippen LogP contribution in [0.3, 0.4) is 0 Å². The summed E-state index contributed by atoms with van der Waals surface area (Å²) in [7, 11) is 0. The molecule has 3 heterocycles. The largest absolute Gasteiger partial charge is 0.379 e. The van der Waals surface area contributed by atoms with E-state index >= 15 is 0 Å². The minimum Gasteiger partial charge on any atom is -0.379 e. The molecule has 0 radical (unpaired) electrons. The Bertz CT molecular complexity index is 871. The third-order valence-electron chi connectivity index (χ3n) is 6.22. The molecule has 0 aliphatic carbocycles. The molecule has 2 fully saturated rings. The number of hydrogen-bond acceptors (Lipinski definition) is 5. The van der Waals surface area contributed by atoms with E-state index in [1.54, 1.807) is 12.4 Å². The van der Waals surface area contributed by atoms with Crippen molar-refractivity contribution in [2.75, 3.05) is 45.9 Å². The summed E-state index contributed by atoms with van der Waals surface area (Å²) in [5.41, 5.74) is 2.15. The van der Waals surface area contributed by atoms with Crippen molar-refractivity contribution in [2.45, 2.75) is 25.9 Å². The molecule has 0 saturated carbocycles. The van der Waals surface area contributed by atoms with Crippen molar-refractivity contribution in [1.29, 1.82) is 0 Å². The van der Waals surface area contributed by atoms with E-state index in [9.17, 15) is 9.59 Å². The van der Waals surface area contributed by atoms with Gasteiger partial charge in [-0.3, -0.25) is 19.5 Å². The predicted molar refractivity (Wildman–Crippen MR) is 121 cm³/mol. The van der Waals surface area contributed by atoms with Crippen molar-refractivity contribution in [3.8, 4) is 0 Å². The van der Waals surface area contributed by atoms with Crippen LogP contribution < -0.4 is 0 Å². The van der Waals surface area contributed by atoms with Crippen LogP contribution in [-0.2, 0) is 27.4 Å². The molecular weight excluding hydrogens is 404 g/mol. The van der Waals surface area contributed by atoms with Crippen LogP contribution in [0.1, 0.15) is 24.0 Å². The average Bonchev–Trinajstić information content (AvgIpc) is 3.20. The molecule has 1 atom stereocenters. The highest BCUT2D eigenvalue weighted by molar-refractivity contribution is 5.89. The molecule has 1 unspecified atom stereocenters. The normalized spacial score (nSPS) is 19.3. The molecule has 7 nitrogen and oxygen atoms in total. The molecule has 2 aliphatic heterocycles. The molecule has 170 valence electrons. The van der Waals surface area contributed by atoms with Crippen LogP contribution >= 0.6 is 0 Å². The van der Waals surface area contributed by atoms with Crippen molar-refractivity contribution in [3.63, 3.8) is 0 Å². The zero-order chi connectivity index (χ0) is 22.2. The van der Waals surface area contributed by atoms with Gasteiger partial charge in [0.15, 0.2) is 0 Å². The topological polar surface area (TPSA) is 66.0 Å². The van der Waals surface area contributed by atoms with Crippen LogP contribution in [0.4, 0.5) is 0 Å². The van der Waals surface area contributed by atoms with Crippen LogP contribution in [-0.4, -0.2) is 77.4 Å². The Morgan fingerprint density at radius 3 is 2.56 bits per heavy atom. The van der Waals surface area contributed by atoms with Gasteiger partial charge in [-0.25, -0.2) is 0 Å². The highest BCUT2D eigenvalue weighted by atomic mass is 16.5. The standard InChI is InChI=1S/C25H32N4O3/c30-24-17-23(20-29(24)19-21-5-2-1-3-6-21)25(31)28(18-22-7-9-26-10-8-22)12-4-11-27-13-15-32-16-14-27/h1-3,5-10,23H,4,11-20H2. The summed E-state index contributed by atoms with van der Waals surface area (Å²) in [6, 6.07) is 13.9. The van der Waals surface area contributed by atoms with Gasteiger partial charge >= 0.3 is 0 Å². The molecule has 2 aliphatic rings. The molecular formula is C25H32N4O3. The maximum atomic E-state index is 13.5. The number of hydrogen-bond donors (Lipinski definition) is 0. The summed E-state index contributed by atoms with van der Waals surface area (Å²) < 4.78 is 5.43. The molecule has 2 aromatic rings. The highest BCUT2D eigenvalue weighted by Gasteiger charge is 2.36. The van der Waals surface area contributed by atoms with E-state index in [1.807, 2.05) is 52.3 Å². The van der Waals surface area contributed by atoms with E-state index in [-0.39, 0.29) is 17.7 Å². The predicted octanol–water partition coefficient (Wildman–Crippen LogP) is 2.18. The van der Waals surface area contributed by atoms with Crippen molar-refractivity contribution in [1.82, 2.24) is 19.7 Å². The Labute approximate surface area is 190 Å². The Balaban J connectivity index is 1.37. The second-order valence-electron chi connectivity index (χ2n) is 8.58. The number of likely N-dealkylation sites (tertiary alicyclic amines) is 1. The lowest BCUT2D eigenvalue weighted by molar-refractivity contribution is -0.136. The van der Waals surface area contributed by atoms with E-state index in [1.165, 1.54) is 0 Å². The van der Waals surface area contributed by atoms with Crippen LogP contribution in [0.5, 0.6) is 0 Å². The van der Waals surface area contributed by atoms with Gasteiger partial charge in [-0.2, -0.15) is 0 Å². The fourth-order valence-electron chi connectivity index (χ4n) is 4.44. The maximum Gasteiger partial charge on any atom is 0.228 e. The summed E-state index contributed by atoms with van der Waals surface area (Å²) in [5.74, 6) is -0.145. The second kappa shape index (κ2) is 11.2. The first-order valence-electron chi connectivity index (χ1n) is 11.5. The van der Waals surface area contributed by atoms with Crippen molar-refractivity contribution < 1.29 is 14.3 Å². The molecule has 0 spiro atoms. The Morgan fingerprint density at radius 1 is 1.06 bits per heavy atom. The lowest BCUT2D eigenvalue weighted by Gasteiger charge is -2.29. The summed E-state index contributed by atoms with van der Waals surface area (Å²) in [4.78, 5) is 36.3. The lowest BCUT2D eigenvalue weighted by Crippen LogP contribution is -2.40. The van der Waals surface area contributed by atoms with Gasteiger partial charge in [0.2, 0.25) is 11.8 Å². The van der Waals surface area contributed by atoms with E-state index in [0.717, 1.165) is 50.4 Å². The zero-order valence-corrected chi connectivity index (χ0v) is 18.6. The van der Waals surface area contributed by atoms with Crippen molar-refractivity contribution >= 4 is 11.8 Å². The highest BCUT2D eigenvalue weighted by Crippen LogP contribution is 2.23. The van der Waals surface area contributed by atoms with Gasteiger partial charge in [0.1, 0.15) is 0 Å². The zero-order valence-electron chi connectivity index (χ0n) is 18.6. The van der Waals surface area contributed by atoms with Crippen LogP contribution in [0.15, 0.2) is 54.9 Å². The van der Waals surface area contributed by atoms with E-state index < -0.39 is 0 Å². The Morgan fingerprint density at radius 2 is 1.81 bits per heavy atom. The van der Waals surface area contributed by atoms with Gasteiger partial charge in [0.05, 0.1) is 19.1 Å². The quantitative estimate of drug-likeness (QED) is 0.603. The Kier molecular flexibility index (Phi) is 7.85. The van der Waals surface area contributed by atoms with Crippen molar-refractivity contribution in [3.05, 3.63) is 66.0 Å². The number of carbonyl (C=O) groups is 2. The van der Waals surface area contributed by atoms with E-state index in [2.05, 4.69) is 9.88 Å². The third kappa shape index (κ3) is 6.14. The first-order valence-corrected chi connectivity index (χ1v) is 11.5. The summed E-state index contributed by atoms with van der Waals surface area (Å²) in [5, 5.41) is 0. The number of carbonyl (C=O) groups excluding carboxylic acids is 2. The lowest BCUT2D eigenvalue weighted by atomic mass is 10.1. The number of pyridine rings is 1. The second-order valence-corrected chi connectivity index (χ2v) is 8.58. The maximum absolute atomic E-state index is 13.5. The van der Waals surface area contributed by atoms with Crippen molar-refractivity contribution in [2.24, 2.45) is 5.92 Å². The van der Waals surface area contributed by atoms with E-state index in [0.29, 0.717) is 32.6 Å². The molecule has 0 N–H and O–H groups in total. The SMILES string of the molecule is O=C1CC(C(=O)N(CCCN2CCOCC2)Cc2ccncc2)CN1Cc1ccccc1. The minimum atomic E-state index is -0.281.